The first kappa shape index (κ1) is 9.59. The van der Waals surface area contributed by atoms with Crippen LogP contribution >= 0.6 is 0 Å². The number of ether oxygens (including phenoxy) is 1. The minimum absolute atomic E-state index is 0.226. The van der Waals surface area contributed by atoms with Gasteiger partial charge in [-0.1, -0.05) is 0 Å². The monoisotopic (exact) mass is 220 g/mol. The third-order valence-corrected chi connectivity index (χ3v) is 3.19. The van der Waals surface area contributed by atoms with Crippen molar-refractivity contribution >= 4 is 11.8 Å². The molecule has 84 valence electrons. The van der Waals surface area contributed by atoms with Crippen LogP contribution in [0.15, 0.2) is 18.3 Å². The molecule has 1 N–H and O–H groups in total. The summed E-state index contributed by atoms with van der Waals surface area (Å²) in [7, 11) is 0. The maximum absolute atomic E-state index is 10.7. The van der Waals surface area contributed by atoms with Crippen molar-refractivity contribution < 1.29 is 14.6 Å². The fraction of sp³-hybridized carbons (Fsp3) is 0.455. The van der Waals surface area contributed by atoms with Gasteiger partial charge in [0.15, 0.2) is 0 Å². The number of morpholine rings is 1. The highest BCUT2D eigenvalue weighted by molar-refractivity contribution is 5.87. The molecular weight excluding hydrogens is 208 g/mol. The predicted molar refractivity (Wildman–Crippen MR) is 56.7 cm³/mol. The first-order valence-electron chi connectivity index (χ1n) is 5.31. The van der Waals surface area contributed by atoms with E-state index in [0.29, 0.717) is 12.1 Å². The molecule has 0 saturated carbocycles. The Morgan fingerprint density at radius 3 is 2.94 bits per heavy atom. The summed E-state index contributed by atoms with van der Waals surface area (Å²) in [6.45, 7) is 1.62. The van der Waals surface area contributed by atoms with E-state index in [1.807, 2.05) is 0 Å². The lowest BCUT2D eigenvalue weighted by Crippen LogP contribution is -2.37. The van der Waals surface area contributed by atoms with E-state index >= 15 is 0 Å². The van der Waals surface area contributed by atoms with Gasteiger partial charge in [-0.3, -0.25) is 0 Å². The van der Waals surface area contributed by atoms with Crippen LogP contribution in [0.5, 0.6) is 0 Å². The second kappa shape index (κ2) is 3.45. The number of hydrogen-bond donors (Lipinski definition) is 1. The minimum atomic E-state index is -0.940. The number of carbonyl (C=O) groups is 1. The van der Waals surface area contributed by atoms with E-state index in [9.17, 15) is 4.79 Å². The van der Waals surface area contributed by atoms with E-state index < -0.39 is 5.97 Å². The number of aromatic nitrogens is 1. The second-order valence-corrected chi connectivity index (χ2v) is 4.21. The molecule has 2 saturated heterocycles. The summed E-state index contributed by atoms with van der Waals surface area (Å²) in [4.78, 5) is 17.1. The highest BCUT2D eigenvalue weighted by atomic mass is 16.5. The van der Waals surface area contributed by atoms with E-state index in [4.69, 9.17) is 9.84 Å². The standard InChI is InChI=1S/C11H12N2O3/c14-11(15)7-1-2-10(12-4-7)13-5-9-3-8(13)6-16-9/h1-2,4,8-9H,3,5-6H2,(H,14,15). The summed E-state index contributed by atoms with van der Waals surface area (Å²) in [5.74, 6) is -0.0916. The van der Waals surface area contributed by atoms with Gasteiger partial charge in [-0.25, -0.2) is 9.78 Å². The number of hydrogen-bond acceptors (Lipinski definition) is 4. The molecule has 2 aliphatic rings. The van der Waals surface area contributed by atoms with Crippen LogP contribution in [0.4, 0.5) is 5.82 Å². The Bertz CT molecular complexity index is 418. The SMILES string of the molecule is O=C(O)c1ccc(N2CC3CC2CO3)nc1. The molecule has 2 atom stereocenters. The maximum Gasteiger partial charge on any atom is 0.337 e. The summed E-state index contributed by atoms with van der Waals surface area (Å²) >= 11 is 0. The number of carboxylic acids is 1. The van der Waals surface area contributed by atoms with E-state index in [2.05, 4.69) is 9.88 Å². The molecule has 5 nitrogen and oxygen atoms in total. The molecule has 0 amide bonds. The third-order valence-electron chi connectivity index (χ3n) is 3.19. The van der Waals surface area contributed by atoms with Crippen LogP contribution in [-0.2, 0) is 4.74 Å². The summed E-state index contributed by atoms with van der Waals surface area (Å²) in [6, 6.07) is 3.77. The number of rotatable bonds is 2. The van der Waals surface area contributed by atoms with Crippen molar-refractivity contribution in [1.29, 1.82) is 0 Å². The van der Waals surface area contributed by atoms with Crippen molar-refractivity contribution in [3.8, 4) is 0 Å². The fourth-order valence-electron chi connectivity index (χ4n) is 2.36. The van der Waals surface area contributed by atoms with Crippen LogP contribution in [0, 0.1) is 0 Å². The quantitative estimate of drug-likeness (QED) is 0.797. The van der Waals surface area contributed by atoms with Gasteiger partial charge in [-0.15, -0.1) is 0 Å². The van der Waals surface area contributed by atoms with E-state index in [-0.39, 0.29) is 5.56 Å². The number of aromatic carboxylic acids is 1. The molecule has 2 unspecified atom stereocenters. The van der Waals surface area contributed by atoms with Gasteiger partial charge in [0, 0.05) is 12.7 Å². The number of nitrogens with zero attached hydrogens (tertiary/aromatic N) is 2. The lowest BCUT2D eigenvalue weighted by molar-refractivity contribution is 0.0696. The zero-order valence-corrected chi connectivity index (χ0v) is 8.67. The van der Waals surface area contributed by atoms with Gasteiger partial charge in [-0.05, 0) is 18.6 Å². The zero-order chi connectivity index (χ0) is 11.1. The lowest BCUT2D eigenvalue weighted by Gasteiger charge is -2.27. The van der Waals surface area contributed by atoms with Crippen LogP contribution in [0.2, 0.25) is 0 Å². The second-order valence-electron chi connectivity index (χ2n) is 4.21. The average molecular weight is 220 g/mol. The largest absolute Gasteiger partial charge is 0.478 e. The molecular formula is C11H12N2O3. The van der Waals surface area contributed by atoms with Gasteiger partial charge in [-0.2, -0.15) is 0 Å². The van der Waals surface area contributed by atoms with Crippen LogP contribution in [0.3, 0.4) is 0 Å². The summed E-state index contributed by atoms with van der Waals surface area (Å²) in [5.41, 5.74) is 0.226. The van der Waals surface area contributed by atoms with Crippen LogP contribution in [0.25, 0.3) is 0 Å². The summed E-state index contributed by atoms with van der Waals surface area (Å²) in [6.07, 6.45) is 2.79. The first-order chi connectivity index (χ1) is 7.74. The van der Waals surface area contributed by atoms with Crippen molar-refractivity contribution in [2.75, 3.05) is 18.1 Å². The molecule has 1 aromatic rings. The van der Waals surface area contributed by atoms with E-state index in [1.165, 1.54) is 6.20 Å². The van der Waals surface area contributed by atoms with Crippen molar-refractivity contribution in [1.82, 2.24) is 4.98 Å². The number of anilines is 1. The normalized spacial score (nSPS) is 27.4. The van der Waals surface area contributed by atoms with Gasteiger partial charge >= 0.3 is 5.97 Å². The highest BCUT2D eigenvalue weighted by Gasteiger charge is 2.39. The minimum Gasteiger partial charge on any atom is -0.478 e. The molecule has 1 aromatic heterocycles. The first-order valence-corrected chi connectivity index (χ1v) is 5.31. The van der Waals surface area contributed by atoms with E-state index in [0.717, 1.165) is 25.4 Å². The molecule has 0 spiro atoms. The van der Waals surface area contributed by atoms with Crippen molar-refractivity contribution in [3.05, 3.63) is 23.9 Å². The average Bonchev–Trinajstić information content (AvgIpc) is 2.91. The van der Waals surface area contributed by atoms with Crippen LogP contribution in [-0.4, -0.2) is 41.4 Å². The summed E-state index contributed by atoms with van der Waals surface area (Å²) < 4.78 is 5.50. The van der Waals surface area contributed by atoms with E-state index in [1.54, 1.807) is 12.1 Å². The molecule has 2 bridgehead atoms. The van der Waals surface area contributed by atoms with Gasteiger partial charge in [0.1, 0.15) is 5.82 Å². The highest BCUT2D eigenvalue weighted by Crippen LogP contribution is 2.31. The Hall–Kier alpha value is -1.62. The van der Waals surface area contributed by atoms with Gasteiger partial charge in [0.05, 0.1) is 24.3 Å². The molecule has 0 aliphatic carbocycles. The smallest absolute Gasteiger partial charge is 0.337 e. The zero-order valence-electron chi connectivity index (χ0n) is 8.67. The Morgan fingerprint density at radius 1 is 1.56 bits per heavy atom. The maximum atomic E-state index is 10.7. The molecule has 3 heterocycles. The lowest BCUT2D eigenvalue weighted by atomic mass is 10.2. The molecule has 16 heavy (non-hydrogen) atoms. The molecule has 0 aromatic carbocycles. The predicted octanol–water partition coefficient (Wildman–Crippen LogP) is 0.757. The van der Waals surface area contributed by atoms with Crippen LogP contribution < -0.4 is 4.90 Å². The Kier molecular flexibility index (Phi) is 2.07. The van der Waals surface area contributed by atoms with Gasteiger partial charge in [0.25, 0.3) is 0 Å². The third kappa shape index (κ3) is 1.44. The fourth-order valence-corrected chi connectivity index (χ4v) is 2.36. The molecule has 2 fully saturated rings. The van der Waals surface area contributed by atoms with Gasteiger partial charge in [0.2, 0.25) is 0 Å². The van der Waals surface area contributed by atoms with Crippen molar-refractivity contribution in [2.45, 2.75) is 18.6 Å². The van der Waals surface area contributed by atoms with Crippen molar-refractivity contribution in [3.63, 3.8) is 0 Å². The van der Waals surface area contributed by atoms with Crippen LogP contribution in [0.1, 0.15) is 16.8 Å². The number of fused-ring (bicyclic) bond motifs is 2. The summed E-state index contributed by atoms with van der Waals surface area (Å²) in [5, 5.41) is 8.77. The molecule has 3 rings (SSSR count). The molecule has 2 aliphatic heterocycles. The Balaban J connectivity index is 1.82. The molecule has 5 heteroatoms. The Labute approximate surface area is 92.7 Å². The van der Waals surface area contributed by atoms with Gasteiger partial charge < -0.3 is 14.7 Å². The topological polar surface area (TPSA) is 62.7 Å². The Morgan fingerprint density at radius 2 is 2.44 bits per heavy atom. The number of pyridine rings is 1. The number of carboxylic acid groups (broad SMARTS) is 1. The van der Waals surface area contributed by atoms with Crippen molar-refractivity contribution in [2.24, 2.45) is 0 Å². The molecule has 0 radical (unpaired) electrons.